The van der Waals surface area contributed by atoms with Gasteiger partial charge in [0.1, 0.15) is 8.07 Å². The maximum absolute atomic E-state index is 2.51. The molecule has 42 heavy (non-hydrogen) atoms. The molecule has 0 bridgehead atoms. The molecule has 8 rings (SSSR count). The van der Waals surface area contributed by atoms with Crippen molar-refractivity contribution in [3.05, 3.63) is 145 Å². The molecule has 0 saturated heterocycles. The Balaban J connectivity index is 1.62. The Labute approximate surface area is 248 Å². The minimum Gasteiger partial charge on any atom is -0.0623 e. The summed E-state index contributed by atoms with van der Waals surface area (Å²) in [6, 6.07) is 52.1. The van der Waals surface area contributed by atoms with Crippen molar-refractivity contribution in [1.29, 1.82) is 0 Å². The zero-order chi connectivity index (χ0) is 28.4. The minimum atomic E-state index is -1.85. The predicted molar refractivity (Wildman–Crippen MR) is 185 cm³/mol. The second kappa shape index (κ2) is 9.41. The van der Waals surface area contributed by atoms with Crippen LogP contribution < -0.4 is 10.4 Å². The van der Waals surface area contributed by atoms with Gasteiger partial charge < -0.3 is 0 Å². The smallest absolute Gasteiger partial charge is 0.0623 e. The number of rotatable bonds is 3. The number of hydrogen-bond acceptors (Lipinski definition) is 0. The Bertz CT molecular complexity index is 2140. The van der Waals surface area contributed by atoms with Gasteiger partial charge in [-0.1, -0.05) is 152 Å². The van der Waals surface area contributed by atoms with E-state index in [0.717, 1.165) is 0 Å². The van der Waals surface area contributed by atoms with E-state index in [1.54, 1.807) is 10.4 Å². The molecule has 1 heterocycles. The third-order valence-electron chi connectivity index (χ3n) is 9.34. The Kier molecular flexibility index (Phi) is 5.60. The Morgan fingerprint density at radius 2 is 1.00 bits per heavy atom. The van der Waals surface area contributed by atoms with Crippen molar-refractivity contribution < 1.29 is 0 Å². The van der Waals surface area contributed by atoms with E-state index in [1.807, 2.05) is 0 Å². The van der Waals surface area contributed by atoms with Crippen LogP contribution in [0, 0.1) is 6.92 Å². The van der Waals surface area contributed by atoms with E-state index in [4.69, 9.17) is 0 Å². The largest absolute Gasteiger partial charge is 0.113 e. The summed E-state index contributed by atoms with van der Waals surface area (Å²) >= 11 is 0. The van der Waals surface area contributed by atoms with Gasteiger partial charge in [0.25, 0.3) is 0 Å². The quantitative estimate of drug-likeness (QED) is 0.151. The summed E-state index contributed by atoms with van der Waals surface area (Å²) in [6.07, 6.45) is 0. The highest BCUT2D eigenvalue weighted by Crippen LogP contribution is 2.48. The fourth-order valence-corrected chi connectivity index (χ4v) is 10.3. The van der Waals surface area contributed by atoms with E-state index < -0.39 is 8.07 Å². The molecule has 1 heteroatoms. The van der Waals surface area contributed by atoms with Crippen LogP contribution in [-0.4, -0.2) is 8.07 Å². The average Bonchev–Trinajstić information content (AvgIpc) is 3.27. The average molecular weight is 553 g/mol. The highest BCUT2D eigenvalue weighted by atomic mass is 28.3. The van der Waals surface area contributed by atoms with Crippen molar-refractivity contribution in [1.82, 2.24) is 0 Å². The summed E-state index contributed by atoms with van der Waals surface area (Å²) in [6.45, 7) is 7.20. The maximum atomic E-state index is 2.51. The summed E-state index contributed by atoms with van der Waals surface area (Å²) in [5.41, 5.74) is 11.8. The fourth-order valence-electron chi connectivity index (χ4n) is 7.26. The molecule has 200 valence electrons. The monoisotopic (exact) mass is 552 g/mol. The van der Waals surface area contributed by atoms with Gasteiger partial charge >= 0.3 is 0 Å². The molecule has 0 saturated carbocycles. The van der Waals surface area contributed by atoms with E-state index in [0.29, 0.717) is 0 Å². The van der Waals surface area contributed by atoms with Crippen LogP contribution in [0.2, 0.25) is 13.1 Å². The van der Waals surface area contributed by atoms with Gasteiger partial charge in [0.15, 0.2) is 0 Å². The first-order chi connectivity index (χ1) is 20.5. The van der Waals surface area contributed by atoms with Crippen molar-refractivity contribution in [3.63, 3.8) is 0 Å². The first kappa shape index (κ1) is 25.0. The molecule has 0 aromatic heterocycles. The van der Waals surface area contributed by atoms with Crippen molar-refractivity contribution in [2.45, 2.75) is 20.0 Å². The number of fused-ring (bicyclic) bond motifs is 6. The first-order valence-corrected chi connectivity index (χ1v) is 17.9. The molecule has 7 aromatic rings. The van der Waals surface area contributed by atoms with E-state index in [1.165, 1.54) is 71.6 Å². The lowest BCUT2D eigenvalue weighted by atomic mass is 9.82. The number of benzene rings is 7. The molecule has 0 spiro atoms. The standard InChI is InChI=1S/C41H32Si/c1-27-18-20-30(21-19-27)39-32-23-22-31(28-12-6-4-7-13-28)26-35(32)38(29-14-8-5-9-15-29)34-24-25-37-40(41(34)39)33-16-10-11-17-36(33)42(37,2)3/h4-26H,1-3H3. The van der Waals surface area contributed by atoms with E-state index in [9.17, 15) is 0 Å². The number of aryl methyl sites for hydroxylation is 1. The van der Waals surface area contributed by atoms with Gasteiger partial charge in [-0.05, 0) is 89.4 Å². The summed E-state index contributed by atoms with van der Waals surface area (Å²) in [5.74, 6) is 0. The van der Waals surface area contributed by atoms with Crippen LogP contribution in [0.4, 0.5) is 0 Å². The van der Waals surface area contributed by atoms with Crippen LogP contribution in [0.3, 0.4) is 0 Å². The van der Waals surface area contributed by atoms with Crippen LogP contribution in [0.25, 0.3) is 66.1 Å². The molecule has 0 fully saturated rings. The van der Waals surface area contributed by atoms with Crippen LogP contribution in [0.1, 0.15) is 5.56 Å². The second-order valence-electron chi connectivity index (χ2n) is 12.2. The molecular weight excluding hydrogens is 521 g/mol. The zero-order valence-corrected chi connectivity index (χ0v) is 25.3. The molecule has 1 aliphatic heterocycles. The highest BCUT2D eigenvalue weighted by Gasteiger charge is 2.39. The summed E-state index contributed by atoms with van der Waals surface area (Å²) in [4.78, 5) is 0. The summed E-state index contributed by atoms with van der Waals surface area (Å²) in [5, 5.41) is 8.41. The van der Waals surface area contributed by atoms with Crippen LogP contribution in [0.15, 0.2) is 140 Å². The van der Waals surface area contributed by atoms with Gasteiger partial charge in [0, 0.05) is 0 Å². The first-order valence-electron chi connectivity index (χ1n) is 14.9. The SMILES string of the molecule is Cc1ccc(-c2c3ccc(-c4ccccc4)cc3c(-c3ccccc3)c3ccc4c(c23)-c2ccccc2[Si]4(C)C)cc1. The zero-order valence-electron chi connectivity index (χ0n) is 24.3. The third-order valence-corrected chi connectivity index (χ3v) is 12.9. The molecule has 1 aliphatic rings. The van der Waals surface area contributed by atoms with Crippen molar-refractivity contribution in [2.75, 3.05) is 0 Å². The Hall–Kier alpha value is -4.72. The van der Waals surface area contributed by atoms with Gasteiger partial charge in [-0.3, -0.25) is 0 Å². The third kappa shape index (κ3) is 3.67. The lowest BCUT2D eigenvalue weighted by Gasteiger charge is -2.23. The molecule has 0 N–H and O–H groups in total. The minimum absolute atomic E-state index is 1.24. The van der Waals surface area contributed by atoms with E-state index in [2.05, 4.69) is 160 Å². The van der Waals surface area contributed by atoms with E-state index >= 15 is 0 Å². The van der Waals surface area contributed by atoms with Crippen LogP contribution >= 0.6 is 0 Å². The van der Waals surface area contributed by atoms with Gasteiger partial charge in [0.2, 0.25) is 0 Å². The summed E-state index contributed by atoms with van der Waals surface area (Å²) in [7, 11) is -1.85. The lowest BCUT2D eigenvalue weighted by molar-refractivity contribution is 1.47. The predicted octanol–water partition coefficient (Wildman–Crippen LogP) is 10.1. The van der Waals surface area contributed by atoms with Crippen LogP contribution in [-0.2, 0) is 0 Å². The van der Waals surface area contributed by atoms with Gasteiger partial charge in [-0.2, -0.15) is 0 Å². The summed E-state index contributed by atoms with van der Waals surface area (Å²) < 4.78 is 0. The molecule has 7 aromatic carbocycles. The van der Waals surface area contributed by atoms with Crippen molar-refractivity contribution >= 4 is 40.0 Å². The maximum Gasteiger partial charge on any atom is 0.113 e. The molecular formula is C41H32Si. The molecule has 0 radical (unpaired) electrons. The Morgan fingerprint density at radius 3 is 1.74 bits per heavy atom. The molecule has 0 amide bonds. The normalized spacial score (nSPS) is 13.3. The Morgan fingerprint density at radius 1 is 0.405 bits per heavy atom. The molecule has 0 aliphatic carbocycles. The van der Waals surface area contributed by atoms with Crippen molar-refractivity contribution in [2.24, 2.45) is 0 Å². The van der Waals surface area contributed by atoms with E-state index in [-0.39, 0.29) is 0 Å². The molecule has 0 atom stereocenters. The van der Waals surface area contributed by atoms with Gasteiger partial charge in [-0.15, -0.1) is 0 Å². The molecule has 0 unspecified atom stereocenters. The lowest BCUT2D eigenvalue weighted by Crippen LogP contribution is -2.49. The van der Waals surface area contributed by atoms with Crippen LogP contribution in [0.5, 0.6) is 0 Å². The van der Waals surface area contributed by atoms with Gasteiger partial charge in [-0.25, -0.2) is 0 Å². The highest BCUT2D eigenvalue weighted by molar-refractivity contribution is 7.04. The second-order valence-corrected chi connectivity index (χ2v) is 16.5. The van der Waals surface area contributed by atoms with Gasteiger partial charge in [0.05, 0.1) is 0 Å². The molecule has 0 nitrogen and oxygen atoms in total. The number of hydrogen-bond donors (Lipinski definition) is 0. The fraction of sp³-hybridized carbons (Fsp3) is 0.0732. The topological polar surface area (TPSA) is 0 Å². The van der Waals surface area contributed by atoms with Crippen molar-refractivity contribution in [3.8, 4) is 44.5 Å².